The van der Waals surface area contributed by atoms with E-state index in [1.54, 1.807) is 0 Å². The Kier molecular flexibility index (Phi) is 5.88. The summed E-state index contributed by atoms with van der Waals surface area (Å²) in [5, 5.41) is 3.82. The van der Waals surface area contributed by atoms with Gasteiger partial charge in [-0.25, -0.2) is 9.97 Å². The van der Waals surface area contributed by atoms with Gasteiger partial charge < -0.3 is 5.32 Å². The Bertz CT molecular complexity index is 409. The van der Waals surface area contributed by atoms with Crippen LogP contribution < -0.4 is 5.32 Å². The molecule has 2 rings (SSSR count). The van der Waals surface area contributed by atoms with Crippen LogP contribution in [0.1, 0.15) is 30.6 Å². The molecule has 1 saturated heterocycles. The molecule has 1 aliphatic heterocycles. The highest BCUT2D eigenvalue weighted by molar-refractivity contribution is 14.1. The van der Waals surface area contributed by atoms with Gasteiger partial charge in [-0.3, -0.25) is 0 Å². The summed E-state index contributed by atoms with van der Waals surface area (Å²) in [4.78, 5) is 9.49. The summed E-state index contributed by atoms with van der Waals surface area (Å²) in [5.41, 5.74) is 1.17. The molecule has 3 nitrogen and oxygen atoms in total. The summed E-state index contributed by atoms with van der Waals surface area (Å²) in [6.07, 6.45) is 0.969. The van der Waals surface area contributed by atoms with Gasteiger partial charge in [0.15, 0.2) is 0 Å². The Hall–Kier alpha value is 0.310. The second-order valence-electron chi connectivity index (χ2n) is 4.01. The second-order valence-corrected chi connectivity index (χ2v) is 7.55. The number of thioether (sulfide) groups is 2. The molecule has 0 radical (unpaired) electrons. The fourth-order valence-electron chi connectivity index (χ4n) is 1.81. The van der Waals surface area contributed by atoms with E-state index in [1.807, 2.05) is 23.5 Å². The van der Waals surface area contributed by atoms with Gasteiger partial charge in [0, 0.05) is 23.8 Å². The van der Waals surface area contributed by atoms with Crippen LogP contribution in [0.15, 0.2) is 0 Å². The van der Waals surface area contributed by atoms with Crippen LogP contribution in [0.4, 0.5) is 5.82 Å². The molecule has 6 heteroatoms. The summed E-state index contributed by atoms with van der Waals surface area (Å²) in [6, 6.07) is 0. The number of rotatable bonds is 4. The normalized spacial score (nSPS) is 19.8. The van der Waals surface area contributed by atoms with Crippen molar-refractivity contribution >= 4 is 51.9 Å². The van der Waals surface area contributed by atoms with Crippen LogP contribution in [0.2, 0.25) is 0 Å². The molecule has 1 unspecified atom stereocenters. The van der Waals surface area contributed by atoms with E-state index in [1.165, 1.54) is 20.8 Å². The first-order chi connectivity index (χ1) is 8.76. The molecule has 0 bridgehead atoms. The van der Waals surface area contributed by atoms with E-state index >= 15 is 0 Å². The minimum Gasteiger partial charge on any atom is -0.369 e. The van der Waals surface area contributed by atoms with Gasteiger partial charge in [-0.1, -0.05) is 6.92 Å². The first-order valence-electron chi connectivity index (χ1n) is 6.25. The van der Waals surface area contributed by atoms with Crippen LogP contribution in [0.5, 0.6) is 0 Å². The van der Waals surface area contributed by atoms with Crippen molar-refractivity contribution in [1.82, 2.24) is 9.97 Å². The number of aromatic nitrogens is 2. The smallest absolute Gasteiger partial charge is 0.144 e. The number of hydrogen-bond donors (Lipinski definition) is 1. The number of nitrogens with zero attached hydrogens (tertiary/aromatic N) is 2. The Balaban J connectivity index is 2.31. The maximum atomic E-state index is 4.76. The van der Waals surface area contributed by atoms with E-state index in [9.17, 15) is 0 Å². The molecule has 2 heterocycles. The van der Waals surface area contributed by atoms with Crippen molar-refractivity contribution in [2.24, 2.45) is 0 Å². The van der Waals surface area contributed by atoms with Crippen molar-refractivity contribution in [3.05, 3.63) is 15.1 Å². The van der Waals surface area contributed by atoms with Gasteiger partial charge in [-0.15, -0.1) is 11.8 Å². The highest BCUT2D eigenvalue weighted by atomic mass is 127. The predicted octanol–water partition coefficient (Wildman–Crippen LogP) is 3.60. The topological polar surface area (TPSA) is 37.8 Å². The number of aryl methyl sites for hydroxylation is 1. The minimum atomic E-state index is 0.462. The predicted molar refractivity (Wildman–Crippen MR) is 90.8 cm³/mol. The van der Waals surface area contributed by atoms with Crippen molar-refractivity contribution in [1.29, 1.82) is 0 Å². The lowest BCUT2D eigenvalue weighted by atomic mass is 10.3. The quantitative estimate of drug-likeness (QED) is 0.789. The fraction of sp³-hybridized carbons (Fsp3) is 0.667. The molecule has 1 N–H and O–H groups in total. The molecule has 1 aliphatic rings. The maximum Gasteiger partial charge on any atom is 0.144 e. The SMILES string of the molecule is CCNc1nc(C2CSCCS2)nc(CC)c1I. The first kappa shape index (κ1) is 14.7. The Labute approximate surface area is 131 Å². The molecule has 18 heavy (non-hydrogen) atoms. The van der Waals surface area contributed by atoms with E-state index in [0.29, 0.717) is 5.25 Å². The van der Waals surface area contributed by atoms with Crippen molar-refractivity contribution in [2.75, 3.05) is 29.1 Å². The van der Waals surface area contributed by atoms with Gasteiger partial charge in [-0.05, 0) is 35.9 Å². The van der Waals surface area contributed by atoms with Gasteiger partial charge in [0.25, 0.3) is 0 Å². The van der Waals surface area contributed by atoms with Gasteiger partial charge >= 0.3 is 0 Å². The molecule has 1 fully saturated rings. The summed E-state index contributed by atoms with van der Waals surface area (Å²) in [7, 11) is 0. The third kappa shape index (κ3) is 3.45. The molecule has 0 aliphatic carbocycles. The van der Waals surface area contributed by atoms with Gasteiger partial charge in [0.2, 0.25) is 0 Å². The van der Waals surface area contributed by atoms with Crippen molar-refractivity contribution < 1.29 is 0 Å². The zero-order valence-corrected chi connectivity index (χ0v) is 14.5. The highest BCUT2D eigenvalue weighted by Crippen LogP contribution is 2.36. The molecule has 1 aromatic heterocycles. The maximum absolute atomic E-state index is 4.76. The number of halogens is 1. The van der Waals surface area contributed by atoms with Gasteiger partial charge in [0.05, 0.1) is 14.5 Å². The van der Waals surface area contributed by atoms with Crippen LogP contribution in [0.25, 0.3) is 0 Å². The summed E-state index contributed by atoms with van der Waals surface area (Å²) < 4.78 is 1.18. The van der Waals surface area contributed by atoms with Gasteiger partial charge in [0.1, 0.15) is 11.6 Å². The lowest BCUT2D eigenvalue weighted by molar-refractivity contribution is 0.868. The first-order valence-corrected chi connectivity index (χ1v) is 9.54. The Morgan fingerprint density at radius 2 is 2.17 bits per heavy atom. The standard InChI is InChI=1S/C12H18IN3S2/c1-3-8-10(13)12(14-4-2)16-11(15-8)9-7-17-5-6-18-9/h9H,3-7H2,1-2H3,(H,14,15,16). The van der Waals surface area contributed by atoms with E-state index in [-0.39, 0.29) is 0 Å². The lowest BCUT2D eigenvalue weighted by Gasteiger charge is -2.21. The third-order valence-electron chi connectivity index (χ3n) is 2.72. The zero-order chi connectivity index (χ0) is 13.0. The summed E-state index contributed by atoms with van der Waals surface area (Å²) in [6.45, 7) is 5.17. The van der Waals surface area contributed by atoms with E-state index in [2.05, 4.69) is 41.8 Å². The largest absolute Gasteiger partial charge is 0.369 e. The molecular weight excluding hydrogens is 377 g/mol. The number of nitrogens with one attached hydrogen (secondary N) is 1. The van der Waals surface area contributed by atoms with Crippen molar-refractivity contribution in [3.8, 4) is 0 Å². The van der Waals surface area contributed by atoms with Crippen LogP contribution in [-0.4, -0.2) is 33.8 Å². The van der Waals surface area contributed by atoms with Crippen molar-refractivity contribution in [2.45, 2.75) is 25.5 Å². The molecule has 0 saturated carbocycles. The second kappa shape index (κ2) is 7.19. The summed E-state index contributed by atoms with van der Waals surface area (Å²) in [5.74, 6) is 5.63. The fourth-order valence-corrected chi connectivity index (χ4v) is 5.22. The van der Waals surface area contributed by atoms with Crippen LogP contribution in [-0.2, 0) is 6.42 Å². The zero-order valence-electron chi connectivity index (χ0n) is 10.7. The van der Waals surface area contributed by atoms with Gasteiger partial charge in [-0.2, -0.15) is 11.8 Å². The van der Waals surface area contributed by atoms with Crippen LogP contribution >= 0.6 is 46.1 Å². The van der Waals surface area contributed by atoms with Crippen LogP contribution in [0, 0.1) is 3.57 Å². The molecule has 0 spiro atoms. The lowest BCUT2D eigenvalue weighted by Crippen LogP contribution is -2.15. The molecule has 1 atom stereocenters. The number of anilines is 1. The number of hydrogen-bond acceptors (Lipinski definition) is 5. The van der Waals surface area contributed by atoms with Crippen molar-refractivity contribution in [3.63, 3.8) is 0 Å². The molecule has 0 amide bonds. The minimum absolute atomic E-state index is 0.462. The monoisotopic (exact) mass is 395 g/mol. The highest BCUT2D eigenvalue weighted by Gasteiger charge is 2.21. The summed E-state index contributed by atoms with van der Waals surface area (Å²) >= 11 is 6.36. The van der Waals surface area contributed by atoms with E-state index in [4.69, 9.17) is 9.97 Å². The average Bonchev–Trinajstić information content (AvgIpc) is 2.42. The molecule has 0 aromatic carbocycles. The van der Waals surface area contributed by atoms with E-state index in [0.717, 1.165) is 30.4 Å². The Morgan fingerprint density at radius 1 is 1.33 bits per heavy atom. The third-order valence-corrected chi connectivity index (χ3v) is 6.60. The molecular formula is C12H18IN3S2. The average molecular weight is 395 g/mol. The Morgan fingerprint density at radius 3 is 2.78 bits per heavy atom. The van der Waals surface area contributed by atoms with Crippen LogP contribution in [0.3, 0.4) is 0 Å². The van der Waals surface area contributed by atoms with E-state index < -0.39 is 0 Å². The molecule has 100 valence electrons. The molecule has 1 aromatic rings.